The molecule has 29 heavy (non-hydrogen) atoms. The molecule has 0 aliphatic heterocycles. The predicted octanol–water partition coefficient (Wildman–Crippen LogP) is 6.68. The number of H-pyrrole nitrogens is 1. The first-order valence-corrected chi connectivity index (χ1v) is 10.1. The highest BCUT2D eigenvalue weighted by Gasteiger charge is 2.21. The molecule has 2 aromatic carbocycles. The van der Waals surface area contributed by atoms with Crippen molar-refractivity contribution in [1.82, 2.24) is 14.9 Å². The third-order valence-corrected chi connectivity index (χ3v) is 6.00. The molecule has 1 aromatic heterocycles. The molecule has 158 valence electrons. The Labute approximate surface area is 184 Å². The number of hydrogen-bond donors (Lipinski definition) is 1. The van der Waals surface area contributed by atoms with Crippen molar-refractivity contribution in [2.45, 2.75) is 58.5 Å². The van der Waals surface area contributed by atoms with Gasteiger partial charge in [0.1, 0.15) is 5.82 Å². The first kappa shape index (κ1) is 23.7. The van der Waals surface area contributed by atoms with Gasteiger partial charge in [-0.25, -0.2) is 9.37 Å². The molecule has 3 aromatic rings. The van der Waals surface area contributed by atoms with Crippen LogP contribution in [0.2, 0.25) is 0 Å². The number of nitrogens with one attached hydrogen (secondary N) is 1. The minimum atomic E-state index is -0.106. The zero-order chi connectivity index (χ0) is 18.8. The fourth-order valence-electron chi connectivity index (χ4n) is 4.40. The Balaban J connectivity index is 0.00000150. The number of fused-ring (bicyclic) bond motifs is 1. The van der Waals surface area contributed by atoms with E-state index in [9.17, 15) is 4.39 Å². The van der Waals surface area contributed by atoms with Crippen molar-refractivity contribution in [2.75, 3.05) is 6.54 Å². The Hall–Kier alpha value is -1.62. The molecule has 0 spiro atoms. The van der Waals surface area contributed by atoms with Crippen molar-refractivity contribution in [3.63, 3.8) is 0 Å². The first-order chi connectivity index (χ1) is 13.2. The molecule has 4 rings (SSSR count). The largest absolute Gasteiger partial charge is 0.345 e. The van der Waals surface area contributed by atoms with E-state index in [4.69, 9.17) is 0 Å². The van der Waals surface area contributed by atoms with Crippen molar-refractivity contribution in [2.24, 2.45) is 0 Å². The van der Waals surface area contributed by atoms with Crippen LogP contribution in [0.15, 0.2) is 36.7 Å². The normalized spacial score (nSPS) is 14.6. The van der Waals surface area contributed by atoms with Gasteiger partial charge in [-0.1, -0.05) is 38.3 Å². The minimum absolute atomic E-state index is 0. The molecule has 1 aliphatic rings. The van der Waals surface area contributed by atoms with Crippen molar-refractivity contribution < 1.29 is 4.39 Å². The molecule has 3 nitrogen and oxygen atoms in total. The molecule has 0 amide bonds. The highest BCUT2D eigenvalue weighted by Crippen LogP contribution is 2.30. The van der Waals surface area contributed by atoms with Gasteiger partial charge >= 0.3 is 0 Å². The van der Waals surface area contributed by atoms with Gasteiger partial charge in [0.2, 0.25) is 0 Å². The van der Waals surface area contributed by atoms with E-state index in [-0.39, 0.29) is 30.6 Å². The molecule has 0 saturated heterocycles. The van der Waals surface area contributed by atoms with Gasteiger partial charge in [-0.15, -0.1) is 24.8 Å². The summed E-state index contributed by atoms with van der Waals surface area (Å²) in [4.78, 5) is 9.88. The Kier molecular flexibility index (Phi) is 8.50. The fraction of sp³-hybridized carbons (Fsp3) is 0.435. The van der Waals surface area contributed by atoms with Crippen molar-refractivity contribution in [3.05, 3.63) is 53.6 Å². The quantitative estimate of drug-likeness (QED) is 0.482. The van der Waals surface area contributed by atoms with Crippen LogP contribution in [0.4, 0.5) is 4.39 Å². The van der Waals surface area contributed by atoms with Gasteiger partial charge in [-0.05, 0) is 61.2 Å². The smallest absolute Gasteiger partial charge is 0.128 e. The van der Waals surface area contributed by atoms with Crippen LogP contribution in [-0.2, 0) is 6.54 Å². The summed E-state index contributed by atoms with van der Waals surface area (Å²) in [6.45, 7) is 5.91. The summed E-state index contributed by atoms with van der Waals surface area (Å²) >= 11 is 0. The molecule has 1 fully saturated rings. The van der Waals surface area contributed by atoms with Crippen LogP contribution in [0.1, 0.15) is 50.2 Å². The Morgan fingerprint density at radius 3 is 2.55 bits per heavy atom. The summed E-state index contributed by atoms with van der Waals surface area (Å²) in [5.41, 5.74) is 5.81. The van der Waals surface area contributed by atoms with Gasteiger partial charge in [-0.2, -0.15) is 0 Å². The van der Waals surface area contributed by atoms with E-state index < -0.39 is 0 Å². The maximum absolute atomic E-state index is 14.9. The molecule has 1 N–H and O–H groups in total. The van der Waals surface area contributed by atoms with Crippen LogP contribution >= 0.6 is 24.8 Å². The number of imidazole rings is 1. The second kappa shape index (κ2) is 10.4. The second-order valence-corrected chi connectivity index (χ2v) is 7.75. The van der Waals surface area contributed by atoms with Gasteiger partial charge in [0, 0.05) is 18.2 Å². The molecular formula is C23H30Cl2FN3. The Morgan fingerprint density at radius 1 is 1.10 bits per heavy atom. The Bertz CT molecular complexity index is 935. The molecule has 1 aliphatic carbocycles. The molecule has 1 heterocycles. The van der Waals surface area contributed by atoms with Gasteiger partial charge < -0.3 is 4.98 Å². The maximum Gasteiger partial charge on any atom is 0.128 e. The lowest BCUT2D eigenvalue weighted by atomic mass is 9.93. The third-order valence-electron chi connectivity index (χ3n) is 6.00. The van der Waals surface area contributed by atoms with E-state index >= 15 is 0 Å². The number of aryl methyl sites for hydroxylation is 1. The molecule has 0 radical (unpaired) electrons. The number of aromatic nitrogens is 2. The predicted molar refractivity (Wildman–Crippen MR) is 124 cm³/mol. The van der Waals surface area contributed by atoms with Crippen LogP contribution in [0.25, 0.3) is 22.2 Å². The molecule has 1 saturated carbocycles. The summed E-state index contributed by atoms with van der Waals surface area (Å²) < 4.78 is 14.9. The molecular weight excluding hydrogens is 408 g/mol. The summed E-state index contributed by atoms with van der Waals surface area (Å²) in [5, 5.41) is 0. The monoisotopic (exact) mass is 437 g/mol. The Morgan fingerprint density at radius 2 is 1.86 bits per heavy atom. The number of aromatic amines is 1. The zero-order valence-electron chi connectivity index (χ0n) is 17.1. The maximum atomic E-state index is 14.9. The van der Waals surface area contributed by atoms with Crippen LogP contribution < -0.4 is 0 Å². The number of nitrogens with zero attached hydrogens (tertiary/aromatic N) is 2. The highest BCUT2D eigenvalue weighted by molar-refractivity contribution is 5.86. The van der Waals surface area contributed by atoms with Gasteiger partial charge in [0.25, 0.3) is 0 Å². The number of halogens is 3. The van der Waals surface area contributed by atoms with Crippen molar-refractivity contribution in [3.8, 4) is 11.1 Å². The lowest BCUT2D eigenvalue weighted by molar-refractivity contribution is 0.154. The number of rotatable bonds is 5. The first-order valence-electron chi connectivity index (χ1n) is 10.1. The van der Waals surface area contributed by atoms with Crippen LogP contribution in [0.5, 0.6) is 0 Å². The number of benzene rings is 2. The highest BCUT2D eigenvalue weighted by atomic mass is 35.5. The third kappa shape index (κ3) is 5.11. The average Bonchev–Trinajstić information content (AvgIpc) is 3.14. The van der Waals surface area contributed by atoms with Crippen LogP contribution in [-0.4, -0.2) is 27.5 Å². The number of hydrogen-bond acceptors (Lipinski definition) is 2. The zero-order valence-corrected chi connectivity index (χ0v) is 18.7. The van der Waals surface area contributed by atoms with E-state index in [1.54, 1.807) is 12.4 Å². The second-order valence-electron chi connectivity index (χ2n) is 7.75. The summed E-state index contributed by atoms with van der Waals surface area (Å²) in [6.07, 6.45) is 8.14. The summed E-state index contributed by atoms with van der Waals surface area (Å²) in [6, 6.07) is 10.4. The summed E-state index contributed by atoms with van der Waals surface area (Å²) in [5.74, 6) is -0.106. The topological polar surface area (TPSA) is 31.9 Å². The van der Waals surface area contributed by atoms with Crippen LogP contribution in [0.3, 0.4) is 0 Å². The molecule has 0 atom stereocenters. The van der Waals surface area contributed by atoms with Crippen molar-refractivity contribution in [1.29, 1.82) is 0 Å². The van der Waals surface area contributed by atoms with E-state index in [1.165, 1.54) is 32.1 Å². The lowest BCUT2D eigenvalue weighted by Crippen LogP contribution is -2.36. The van der Waals surface area contributed by atoms with Gasteiger partial charge in [0.05, 0.1) is 17.4 Å². The van der Waals surface area contributed by atoms with Crippen molar-refractivity contribution >= 4 is 35.8 Å². The SMILES string of the molecule is CCN(Cc1ccc(-c2cc3[nH]cnc3cc2C)cc1F)C1CCCCC1.Cl.Cl. The molecule has 0 unspecified atom stereocenters. The standard InChI is InChI=1S/C23H28FN3.2ClH/c1-3-27(19-7-5-4-6-8-19)14-18-10-9-17(12-21(18)24)20-13-23-22(11-16(20)2)25-15-26-23;;/h9-13,15,19H,3-8,14H2,1-2H3,(H,25,26);2*1H. The molecule has 0 bridgehead atoms. The van der Waals surface area contributed by atoms with Gasteiger partial charge in [-0.3, -0.25) is 4.90 Å². The van der Waals surface area contributed by atoms with E-state index in [0.29, 0.717) is 12.6 Å². The summed E-state index contributed by atoms with van der Waals surface area (Å²) in [7, 11) is 0. The van der Waals surface area contributed by atoms with Crippen LogP contribution in [0, 0.1) is 12.7 Å². The van der Waals surface area contributed by atoms with Gasteiger partial charge in [0.15, 0.2) is 0 Å². The minimum Gasteiger partial charge on any atom is -0.345 e. The average molecular weight is 438 g/mol. The van der Waals surface area contributed by atoms with E-state index in [1.807, 2.05) is 6.07 Å². The van der Waals surface area contributed by atoms with E-state index in [2.05, 4.69) is 46.9 Å². The van der Waals surface area contributed by atoms with E-state index in [0.717, 1.165) is 39.8 Å². The lowest BCUT2D eigenvalue weighted by Gasteiger charge is -2.33. The molecule has 6 heteroatoms. The fourth-order valence-corrected chi connectivity index (χ4v) is 4.40.